The topological polar surface area (TPSA) is 110 Å². The lowest BCUT2D eigenvalue weighted by Gasteiger charge is -2.14. The largest absolute Gasteiger partial charge is 0.471 e. The Morgan fingerprint density at radius 3 is 2.69 bits per heavy atom. The number of aromatic nitrogens is 1. The lowest BCUT2D eigenvalue weighted by molar-refractivity contribution is 0.0996. The van der Waals surface area contributed by atoms with Crippen molar-refractivity contribution in [1.29, 1.82) is 0 Å². The first-order valence-corrected chi connectivity index (χ1v) is 11.3. The maximum atomic E-state index is 14.0. The van der Waals surface area contributed by atoms with Crippen molar-refractivity contribution in [3.05, 3.63) is 40.5 Å². The Hall–Kier alpha value is -2.79. The van der Waals surface area contributed by atoms with Gasteiger partial charge < -0.3 is 20.7 Å². The molecule has 0 unspecified atom stereocenters. The van der Waals surface area contributed by atoms with Crippen LogP contribution in [0.2, 0.25) is 0 Å². The molecule has 1 fully saturated rings. The summed E-state index contributed by atoms with van der Waals surface area (Å²) in [5, 5.41) is 5.41. The zero-order chi connectivity index (χ0) is 23.1. The number of amides is 3. The summed E-state index contributed by atoms with van der Waals surface area (Å²) in [6.07, 6.45) is 4.32. The number of carbonyl (C=O) groups is 2. The first kappa shape index (κ1) is 23.9. The number of hydrogen-bond donors (Lipinski definition) is 3. The summed E-state index contributed by atoms with van der Waals surface area (Å²) in [4.78, 5) is 26.5. The minimum absolute atomic E-state index is 0.0299. The molecular weight excluding hydrogens is 440 g/mol. The number of anilines is 1. The zero-order valence-electron chi connectivity index (χ0n) is 17.9. The number of carbonyl (C=O) groups excluding carboxylic acids is 2. The third-order valence-electron chi connectivity index (χ3n) is 5.21. The van der Waals surface area contributed by atoms with E-state index in [1.54, 1.807) is 0 Å². The highest BCUT2D eigenvalue weighted by molar-refractivity contribution is 7.11. The van der Waals surface area contributed by atoms with E-state index in [9.17, 15) is 18.4 Å². The zero-order valence-corrected chi connectivity index (χ0v) is 18.7. The maximum absolute atomic E-state index is 14.0. The van der Waals surface area contributed by atoms with Crippen LogP contribution in [0.15, 0.2) is 12.1 Å². The standard InChI is InChI=1S/C21H27F2N5O3S/c1-13-10-16(23)14(11-15(13)22)12-31-19-17(18(24)29)20(32-27-19)26-21(30)25-6-2-3-7-28-8-4-5-9-28/h10-11H,2-9,12H2,1H3,(H2,24,29)(H2,25,26,30). The molecule has 0 bridgehead atoms. The van der Waals surface area contributed by atoms with Gasteiger partial charge in [-0.1, -0.05) is 0 Å². The van der Waals surface area contributed by atoms with E-state index in [-0.39, 0.29) is 34.2 Å². The Morgan fingerprint density at radius 1 is 1.22 bits per heavy atom. The molecule has 4 N–H and O–H groups in total. The quantitative estimate of drug-likeness (QED) is 0.464. The first-order chi connectivity index (χ1) is 15.3. The van der Waals surface area contributed by atoms with Crippen LogP contribution in [0.25, 0.3) is 0 Å². The van der Waals surface area contributed by atoms with Gasteiger partial charge in [-0.15, -0.1) is 0 Å². The summed E-state index contributed by atoms with van der Waals surface area (Å²) >= 11 is 0.816. The van der Waals surface area contributed by atoms with E-state index in [0.717, 1.165) is 56.1 Å². The van der Waals surface area contributed by atoms with E-state index in [2.05, 4.69) is 19.9 Å². The molecule has 3 rings (SSSR count). The second-order valence-corrected chi connectivity index (χ2v) is 8.45. The molecule has 2 aromatic rings. The molecule has 1 aliphatic heterocycles. The SMILES string of the molecule is Cc1cc(F)c(COc2nsc(NC(=O)NCCCCN3CCCC3)c2C(N)=O)cc1F. The van der Waals surface area contributed by atoms with Crippen LogP contribution in [0.4, 0.5) is 18.6 Å². The summed E-state index contributed by atoms with van der Waals surface area (Å²) in [6, 6.07) is 1.60. The minimum atomic E-state index is -0.856. The smallest absolute Gasteiger partial charge is 0.319 e. The molecule has 1 aromatic heterocycles. The third-order valence-corrected chi connectivity index (χ3v) is 5.96. The number of nitrogens with one attached hydrogen (secondary N) is 2. The number of benzene rings is 1. The van der Waals surface area contributed by atoms with E-state index >= 15 is 0 Å². The number of halogens is 2. The Kier molecular flexibility index (Phi) is 8.34. The van der Waals surface area contributed by atoms with Gasteiger partial charge in [0.05, 0.1) is 0 Å². The highest BCUT2D eigenvalue weighted by Crippen LogP contribution is 2.31. The van der Waals surface area contributed by atoms with Crippen molar-refractivity contribution in [2.24, 2.45) is 5.73 Å². The Balaban J connectivity index is 1.52. The molecule has 1 aliphatic rings. The van der Waals surface area contributed by atoms with Crippen molar-refractivity contribution in [3.63, 3.8) is 0 Å². The molecule has 0 atom stereocenters. The summed E-state index contributed by atoms with van der Waals surface area (Å²) in [5.74, 6) is -2.21. The van der Waals surface area contributed by atoms with Gasteiger partial charge in [-0.2, -0.15) is 4.37 Å². The van der Waals surface area contributed by atoms with Crippen molar-refractivity contribution in [1.82, 2.24) is 14.6 Å². The van der Waals surface area contributed by atoms with Crippen LogP contribution in [0.5, 0.6) is 5.88 Å². The Labute approximate surface area is 189 Å². The summed E-state index contributed by atoms with van der Waals surface area (Å²) in [7, 11) is 0. The Morgan fingerprint density at radius 2 is 1.97 bits per heavy atom. The monoisotopic (exact) mass is 467 g/mol. The van der Waals surface area contributed by atoms with Crippen LogP contribution in [-0.2, 0) is 6.61 Å². The number of nitrogens with two attached hydrogens (primary N) is 1. The van der Waals surface area contributed by atoms with Gasteiger partial charge in [-0.3, -0.25) is 10.1 Å². The van der Waals surface area contributed by atoms with Crippen molar-refractivity contribution < 1.29 is 23.1 Å². The highest BCUT2D eigenvalue weighted by atomic mass is 32.1. The number of primary amides is 1. The van der Waals surface area contributed by atoms with Gasteiger partial charge in [0, 0.05) is 12.1 Å². The van der Waals surface area contributed by atoms with Crippen LogP contribution < -0.4 is 21.1 Å². The molecule has 32 heavy (non-hydrogen) atoms. The van der Waals surface area contributed by atoms with E-state index in [4.69, 9.17) is 10.5 Å². The van der Waals surface area contributed by atoms with Gasteiger partial charge >= 0.3 is 6.03 Å². The number of urea groups is 1. The molecule has 0 aliphatic carbocycles. The third kappa shape index (κ3) is 6.36. The van der Waals surface area contributed by atoms with Gasteiger partial charge in [0.2, 0.25) is 5.88 Å². The van der Waals surface area contributed by atoms with Crippen molar-refractivity contribution in [2.75, 3.05) is 31.5 Å². The maximum Gasteiger partial charge on any atom is 0.319 e. The van der Waals surface area contributed by atoms with Crippen molar-refractivity contribution in [3.8, 4) is 5.88 Å². The van der Waals surface area contributed by atoms with E-state index in [1.165, 1.54) is 19.8 Å². The number of nitrogens with zero attached hydrogens (tertiary/aromatic N) is 2. The molecule has 174 valence electrons. The number of aryl methyl sites for hydroxylation is 1. The number of unbranched alkanes of at least 4 members (excludes halogenated alkanes) is 1. The van der Waals surface area contributed by atoms with Crippen LogP contribution >= 0.6 is 11.5 Å². The average Bonchev–Trinajstić information content (AvgIpc) is 3.39. The number of ether oxygens (including phenoxy) is 1. The summed E-state index contributed by atoms with van der Waals surface area (Å²) < 4.78 is 37.1. The van der Waals surface area contributed by atoms with Gasteiger partial charge in [-0.05, 0) is 81.5 Å². The second-order valence-electron chi connectivity index (χ2n) is 7.67. The summed E-state index contributed by atoms with van der Waals surface area (Å²) in [6.45, 7) is 4.90. The number of rotatable bonds is 10. The van der Waals surface area contributed by atoms with E-state index in [0.29, 0.717) is 6.54 Å². The van der Waals surface area contributed by atoms with Gasteiger partial charge in [0.15, 0.2) is 0 Å². The van der Waals surface area contributed by atoms with Gasteiger partial charge in [0.1, 0.15) is 28.8 Å². The van der Waals surface area contributed by atoms with Gasteiger partial charge in [-0.25, -0.2) is 13.6 Å². The summed E-state index contributed by atoms with van der Waals surface area (Å²) in [5.41, 5.74) is 5.44. The van der Waals surface area contributed by atoms with Crippen LogP contribution in [-0.4, -0.2) is 47.4 Å². The molecule has 0 spiro atoms. The lowest BCUT2D eigenvalue weighted by atomic mass is 10.1. The van der Waals surface area contributed by atoms with E-state index in [1.807, 2.05) is 0 Å². The van der Waals surface area contributed by atoms with Gasteiger partial charge in [0.25, 0.3) is 5.91 Å². The number of hydrogen-bond acceptors (Lipinski definition) is 6. The average molecular weight is 468 g/mol. The molecule has 1 aromatic carbocycles. The normalized spacial score (nSPS) is 13.8. The molecule has 11 heteroatoms. The highest BCUT2D eigenvalue weighted by Gasteiger charge is 2.22. The molecule has 0 saturated carbocycles. The van der Waals surface area contributed by atoms with Crippen molar-refractivity contribution >= 4 is 28.5 Å². The van der Waals surface area contributed by atoms with Crippen LogP contribution in [0.3, 0.4) is 0 Å². The fraction of sp³-hybridized carbons (Fsp3) is 0.476. The molecule has 0 radical (unpaired) electrons. The van der Waals surface area contributed by atoms with Crippen LogP contribution in [0.1, 0.15) is 47.2 Å². The molecule has 2 heterocycles. The van der Waals surface area contributed by atoms with Crippen molar-refractivity contribution in [2.45, 2.75) is 39.2 Å². The minimum Gasteiger partial charge on any atom is -0.471 e. The van der Waals surface area contributed by atoms with E-state index < -0.39 is 23.6 Å². The lowest BCUT2D eigenvalue weighted by Crippen LogP contribution is -2.30. The predicted octanol–water partition coefficient (Wildman–Crippen LogP) is 3.41. The first-order valence-electron chi connectivity index (χ1n) is 10.5. The molecule has 3 amide bonds. The molecule has 1 saturated heterocycles. The fourth-order valence-corrected chi connectivity index (χ4v) is 4.17. The fourth-order valence-electron chi connectivity index (χ4n) is 3.44. The molecular formula is C21H27F2N5O3S. The predicted molar refractivity (Wildman–Crippen MR) is 118 cm³/mol. The Bertz CT molecular complexity index is 963. The van der Waals surface area contributed by atoms with Crippen LogP contribution in [0, 0.1) is 18.6 Å². The number of likely N-dealkylation sites (tertiary alicyclic amines) is 1. The molecule has 8 nitrogen and oxygen atoms in total. The second kappa shape index (κ2) is 11.2.